The fourth-order valence-electron chi connectivity index (χ4n) is 4.70. The number of H-pyrrole nitrogens is 1. The van der Waals surface area contributed by atoms with Crippen LogP contribution in [-0.2, 0) is 6.42 Å². The van der Waals surface area contributed by atoms with Gasteiger partial charge in [-0.25, -0.2) is 4.39 Å². The maximum atomic E-state index is 14.6. The van der Waals surface area contributed by atoms with Gasteiger partial charge in [0.1, 0.15) is 18.2 Å². The van der Waals surface area contributed by atoms with E-state index in [-0.39, 0.29) is 12.4 Å². The molecule has 1 unspecified atom stereocenters. The third-order valence-electron chi connectivity index (χ3n) is 6.12. The van der Waals surface area contributed by atoms with E-state index in [1.165, 1.54) is 17.0 Å². The third-order valence-corrected chi connectivity index (χ3v) is 6.12. The number of benzene rings is 2. The smallest absolute Gasteiger partial charge is 0.401 e. The summed E-state index contributed by atoms with van der Waals surface area (Å²) in [4.78, 5) is 4.67. The number of hydrogen-bond acceptors (Lipinski definition) is 3. The highest BCUT2D eigenvalue weighted by molar-refractivity contribution is 5.85. The Morgan fingerprint density at radius 2 is 1.94 bits per heavy atom. The molecule has 4 rings (SSSR count). The van der Waals surface area contributed by atoms with Gasteiger partial charge in [-0.1, -0.05) is 18.2 Å². The van der Waals surface area contributed by atoms with Crippen molar-refractivity contribution in [1.29, 1.82) is 0 Å². The molecule has 2 N–H and O–H groups in total. The Hall–Kier alpha value is -2.65. The molecule has 0 saturated carbocycles. The molecule has 9 heteroatoms. The average Bonchev–Trinajstić information content (AvgIpc) is 3.13. The van der Waals surface area contributed by atoms with Crippen molar-refractivity contribution in [2.75, 3.05) is 32.9 Å². The lowest BCUT2D eigenvalue weighted by molar-refractivity contribution is -0.155. The van der Waals surface area contributed by atoms with Gasteiger partial charge in [0.25, 0.3) is 0 Å². The second-order valence-corrected chi connectivity index (χ2v) is 8.67. The number of ether oxygens (including phenoxy) is 1. The lowest BCUT2D eigenvalue weighted by atomic mass is 9.88. The molecule has 2 aromatic carbocycles. The highest BCUT2D eigenvalue weighted by Crippen LogP contribution is 2.42. The number of aromatic amines is 1. The van der Waals surface area contributed by atoms with Gasteiger partial charge in [-0.3, -0.25) is 9.29 Å². The molecule has 4 nitrogen and oxygen atoms in total. The predicted octanol–water partition coefficient (Wildman–Crippen LogP) is 5.53. The van der Waals surface area contributed by atoms with Gasteiger partial charge < -0.3 is 15.0 Å². The van der Waals surface area contributed by atoms with E-state index in [9.17, 15) is 22.0 Å². The second kappa shape index (κ2) is 10.3. The first-order chi connectivity index (χ1) is 16.3. The van der Waals surface area contributed by atoms with Crippen LogP contribution in [0.15, 0.2) is 42.5 Å². The number of aromatic nitrogens is 1. The van der Waals surface area contributed by atoms with Crippen molar-refractivity contribution >= 4 is 10.9 Å². The van der Waals surface area contributed by atoms with Crippen molar-refractivity contribution in [3.63, 3.8) is 0 Å². The molecule has 0 amide bonds. The van der Waals surface area contributed by atoms with Crippen LogP contribution in [0.25, 0.3) is 10.9 Å². The zero-order valence-electron chi connectivity index (χ0n) is 18.9. The molecule has 0 spiro atoms. The molecule has 1 aliphatic heterocycles. The number of rotatable bonds is 9. The van der Waals surface area contributed by atoms with Crippen LogP contribution < -0.4 is 10.1 Å². The molecule has 1 aliphatic rings. The summed E-state index contributed by atoms with van der Waals surface area (Å²) in [6, 6.07) is 10.5. The van der Waals surface area contributed by atoms with Gasteiger partial charge in [0.05, 0.1) is 19.3 Å². The quantitative estimate of drug-likeness (QED) is 0.312. The molecule has 2 heterocycles. The van der Waals surface area contributed by atoms with E-state index in [2.05, 4.69) is 10.3 Å². The zero-order valence-corrected chi connectivity index (χ0v) is 18.9. The maximum absolute atomic E-state index is 14.6. The number of halogens is 5. The van der Waals surface area contributed by atoms with Gasteiger partial charge in [-0.15, -0.1) is 0 Å². The molecule has 0 bridgehead atoms. The van der Waals surface area contributed by atoms with Crippen LogP contribution >= 0.6 is 0 Å². The molecule has 0 fully saturated rings. The van der Waals surface area contributed by atoms with E-state index in [4.69, 9.17) is 4.74 Å². The van der Waals surface area contributed by atoms with Crippen molar-refractivity contribution in [3.8, 4) is 5.75 Å². The number of alkyl halides is 4. The Morgan fingerprint density at radius 1 is 1.15 bits per heavy atom. The van der Waals surface area contributed by atoms with Gasteiger partial charge >= 0.3 is 6.18 Å². The molecule has 0 aliphatic carbocycles. The molecular weight excluding hydrogens is 453 g/mol. The topological polar surface area (TPSA) is 40.3 Å². The number of nitrogens with zero attached hydrogens (tertiary/aromatic N) is 1. The Kier molecular flexibility index (Phi) is 7.42. The summed E-state index contributed by atoms with van der Waals surface area (Å²) in [7, 11) is 0. The first-order valence-corrected chi connectivity index (χ1v) is 11.4. The van der Waals surface area contributed by atoms with Crippen LogP contribution in [0.5, 0.6) is 5.75 Å². The highest BCUT2D eigenvalue weighted by Gasteiger charge is 2.42. The molecule has 1 aromatic heterocycles. The van der Waals surface area contributed by atoms with E-state index in [0.717, 1.165) is 16.5 Å². The van der Waals surface area contributed by atoms with Gasteiger partial charge in [-0.05, 0) is 55.6 Å². The summed E-state index contributed by atoms with van der Waals surface area (Å²) in [5.74, 6) is -0.342. The molecule has 2 atom stereocenters. The fraction of sp³-hybridized carbons (Fsp3) is 0.440. The monoisotopic (exact) mass is 481 g/mol. The van der Waals surface area contributed by atoms with Crippen LogP contribution in [0.2, 0.25) is 0 Å². The first-order valence-electron chi connectivity index (χ1n) is 11.4. The van der Waals surface area contributed by atoms with Crippen molar-refractivity contribution in [2.45, 2.75) is 38.0 Å². The van der Waals surface area contributed by atoms with Crippen molar-refractivity contribution in [1.82, 2.24) is 15.2 Å². The van der Waals surface area contributed by atoms with Gasteiger partial charge in [0, 0.05) is 35.2 Å². The number of hydrogen-bond donors (Lipinski definition) is 2. The maximum Gasteiger partial charge on any atom is 0.401 e. The predicted molar refractivity (Wildman–Crippen MR) is 121 cm³/mol. The van der Waals surface area contributed by atoms with Crippen molar-refractivity contribution in [2.24, 2.45) is 0 Å². The minimum absolute atomic E-state index is 0.222. The van der Waals surface area contributed by atoms with Gasteiger partial charge in [-0.2, -0.15) is 13.2 Å². The standard InChI is InChI=1S/C25H28F5N3O/c1-16-11-21-20-5-2-3-6-22(20)32-23(21)24(33(16)15-25(28,29)30)17-12-18(27)14-19(13-17)34-10-9-31-8-4-7-26/h2-3,5-6,12-14,16,24,31-32H,4,7-11,15H2,1H3/t16-,24?/m1/s1. The van der Waals surface area contributed by atoms with E-state index in [0.29, 0.717) is 37.2 Å². The Balaban J connectivity index is 1.69. The Labute approximate surface area is 195 Å². The van der Waals surface area contributed by atoms with Crippen LogP contribution in [0.4, 0.5) is 22.0 Å². The first kappa shape index (κ1) is 24.5. The van der Waals surface area contributed by atoms with Gasteiger partial charge in [0.15, 0.2) is 0 Å². The average molecular weight is 482 g/mol. The van der Waals surface area contributed by atoms with Crippen LogP contribution in [0.1, 0.15) is 36.2 Å². The molecule has 184 valence electrons. The summed E-state index contributed by atoms with van der Waals surface area (Å²) in [5.41, 5.74) is 2.83. The van der Waals surface area contributed by atoms with Gasteiger partial charge in [0.2, 0.25) is 0 Å². The number of para-hydroxylation sites is 1. The fourth-order valence-corrected chi connectivity index (χ4v) is 4.70. The largest absolute Gasteiger partial charge is 0.492 e. The minimum Gasteiger partial charge on any atom is -0.492 e. The van der Waals surface area contributed by atoms with Crippen LogP contribution in [-0.4, -0.2) is 55.0 Å². The minimum atomic E-state index is -4.41. The molecule has 0 saturated heterocycles. The summed E-state index contributed by atoms with van der Waals surface area (Å²) in [6.07, 6.45) is -3.56. The zero-order chi connectivity index (χ0) is 24.3. The van der Waals surface area contributed by atoms with E-state index < -0.39 is 37.3 Å². The lowest BCUT2D eigenvalue weighted by Gasteiger charge is -2.41. The molecule has 34 heavy (non-hydrogen) atoms. The molecular formula is C25H28F5N3O. The lowest BCUT2D eigenvalue weighted by Crippen LogP contribution is -2.47. The third kappa shape index (κ3) is 5.52. The summed E-state index contributed by atoms with van der Waals surface area (Å²) in [5, 5.41) is 3.98. The number of fused-ring (bicyclic) bond motifs is 3. The van der Waals surface area contributed by atoms with E-state index in [1.54, 1.807) is 13.0 Å². The van der Waals surface area contributed by atoms with E-state index >= 15 is 0 Å². The van der Waals surface area contributed by atoms with E-state index in [1.807, 2.05) is 24.3 Å². The Bertz CT molecular complexity index is 1110. The Morgan fingerprint density at radius 3 is 2.71 bits per heavy atom. The normalized spacial score (nSPS) is 18.9. The summed E-state index contributed by atoms with van der Waals surface area (Å²) in [6.45, 7) is 1.41. The van der Waals surface area contributed by atoms with Crippen molar-refractivity contribution in [3.05, 3.63) is 65.1 Å². The molecule has 3 aromatic rings. The highest BCUT2D eigenvalue weighted by atomic mass is 19.4. The van der Waals surface area contributed by atoms with Crippen molar-refractivity contribution < 1.29 is 26.7 Å². The second-order valence-electron chi connectivity index (χ2n) is 8.67. The summed E-state index contributed by atoms with van der Waals surface area (Å²) < 4.78 is 73.1. The number of nitrogens with one attached hydrogen (secondary N) is 2. The SMILES string of the molecule is C[C@@H]1Cc2c([nH]c3ccccc23)C(c2cc(F)cc(OCCNCCCF)c2)N1CC(F)(F)F. The summed E-state index contributed by atoms with van der Waals surface area (Å²) >= 11 is 0. The van der Waals surface area contributed by atoms with Crippen LogP contribution in [0, 0.1) is 5.82 Å². The van der Waals surface area contributed by atoms with Crippen LogP contribution in [0.3, 0.4) is 0 Å². The molecule has 0 radical (unpaired) electrons.